The fraction of sp³-hybridized carbons (Fsp3) is 0.467. The minimum atomic E-state index is -0.498. The highest BCUT2D eigenvalue weighted by atomic mass is 16.6. The van der Waals surface area contributed by atoms with Crippen LogP contribution in [0.3, 0.4) is 0 Å². The summed E-state index contributed by atoms with van der Waals surface area (Å²) in [5, 5.41) is 14.7. The largest absolute Gasteiger partial charge is 0.444 e. The van der Waals surface area contributed by atoms with Crippen molar-refractivity contribution < 1.29 is 9.53 Å². The first kappa shape index (κ1) is 15.8. The monoisotopic (exact) mass is 275 g/mol. The molecule has 0 aliphatic heterocycles. The Morgan fingerprint density at radius 1 is 1.45 bits per heavy atom. The van der Waals surface area contributed by atoms with Crippen LogP contribution in [0.4, 0.5) is 10.5 Å². The highest BCUT2D eigenvalue weighted by Crippen LogP contribution is 2.11. The van der Waals surface area contributed by atoms with Crippen LogP contribution in [-0.2, 0) is 4.74 Å². The zero-order valence-electron chi connectivity index (χ0n) is 12.4. The number of carbonyl (C=O) groups excluding carboxylic acids is 1. The second-order valence-electron chi connectivity index (χ2n) is 5.62. The Bertz CT molecular complexity index is 501. The van der Waals surface area contributed by atoms with Crippen LogP contribution in [0.1, 0.15) is 33.3 Å². The third kappa shape index (κ3) is 6.10. The third-order valence-electron chi connectivity index (χ3n) is 2.36. The lowest BCUT2D eigenvalue weighted by Gasteiger charge is -2.21. The molecule has 1 atom stereocenters. The third-order valence-corrected chi connectivity index (χ3v) is 2.36. The van der Waals surface area contributed by atoms with Gasteiger partial charge in [0.1, 0.15) is 5.60 Å². The fourth-order valence-corrected chi connectivity index (χ4v) is 1.56. The summed E-state index contributed by atoms with van der Waals surface area (Å²) in [6, 6.07) is 9.32. The maximum Gasteiger partial charge on any atom is 0.407 e. The Morgan fingerprint density at radius 2 is 2.15 bits per heavy atom. The van der Waals surface area contributed by atoms with Crippen LogP contribution < -0.4 is 10.6 Å². The number of hydrogen-bond donors (Lipinski definition) is 2. The van der Waals surface area contributed by atoms with Gasteiger partial charge < -0.3 is 15.4 Å². The second kappa shape index (κ2) is 6.80. The Balaban J connectivity index is 2.42. The number of anilines is 1. The molecular weight excluding hydrogens is 254 g/mol. The summed E-state index contributed by atoms with van der Waals surface area (Å²) in [5.41, 5.74) is 0.951. The first-order valence-corrected chi connectivity index (χ1v) is 6.54. The van der Waals surface area contributed by atoms with E-state index in [2.05, 4.69) is 16.7 Å². The molecule has 0 spiro atoms. The molecule has 1 rings (SSSR count). The van der Waals surface area contributed by atoms with Crippen LogP contribution in [0.15, 0.2) is 24.3 Å². The maximum atomic E-state index is 11.5. The molecule has 1 aromatic carbocycles. The van der Waals surface area contributed by atoms with Crippen LogP contribution in [0.5, 0.6) is 0 Å². The molecule has 0 saturated heterocycles. The predicted molar refractivity (Wildman–Crippen MR) is 78.5 cm³/mol. The standard InChI is InChI=1S/C15H21N3O2/c1-11(10-17-14(19)20-15(2,3)4)18-13-7-5-6-12(8-13)9-16/h5-8,11,18H,10H2,1-4H3,(H,17,19). The number of nitrogens with zero attached hydrogens (tertiary/aromatic N) is 1. The Morgan fingerprint density at radius 3 is 2.75 bits per heavy atom. The zero-order valence-corrected chi connectivity index (χ0v) is 12.4. The SMILES string of the molecule is CC(CNC(=O)OC(C)(C)C)Nc1cccc(C#N)c1. The molecule has 0 bridgehead atoms. The maximum absolute atomic E-state index is 11.5. The van der Waals surface area contributed by atoms with Gasteiger partial charge in [0.2, 0.25) is 0 Å². The molecule has 108 valence electrons. The number of amides is 1. The van der Waals surface area contributed by atoms with Crippen molar-refractivity contribution in [3.63, 3.8) is 0 Å². The number of alkyl carbamates (subject to hydrolysis) is 1. The highest BCUT2D eigenvalue weighted by Gasteiger charge is 2.16. The number of ether oxygens (including phenoxy) is 1. The summed E-state index contributed by atoms with van der Waals surface area (Å²) in [6.07, 6.45) is -0.433. The number of rotatable bonds is 4. The van der Waals surface area contributed by atoms with Crippen molar-refractivity contribution in [3.8, 4) is 6.07 Å². The molecule has 5 heteroatoms. The van der Waals surface area contributed by atoms with Gasteiger partial charge in [-0.25, -0.2) is 4.79 Å². The molecule has 2 N–H and O–H groups in total. The molecule has 1 amide bonds. The van der Waals surface area contributed by atoms with E-state index in [1.165, 1.54) is 0 Å². The van der Waals surface area contributed by atoms with Gasteiger partial charge in [0, 0.05) is 18.3 Å². The predicted octanol–water partition coefficient (Wildman–Crippen LogP) is 2.88. The summed E-state index contributed by atoms with van der Waals surface area (Å²) in [7, 11) is 0. The molecule has 0 aliphatic rings. The molecule has 0 aromatic heterocycles. The van der Waals surface area contributed by atoms with E-state index in [9.17, 15) is 4.79 Å². The van der Waals surface area contributed by atoms with E-state index in [0.717, 1.165) is 5.69 Å². The molecule has 0 radical (unpaired) electrons. The molecule has 0 heterocycles. The Labute approximate surface area is 119 Å². The summed E-state index contributed by atoms with van der Waals surface area (Å²) >= 11 is 0. The first-order valence-electron chi connectivity index (χ1n) is 6.54. The van der Waals surface area contributed by atoms with Crippen LogP contribution in [0, 0.1) is 11.3 Å². The van der Waals surface area contributed by atoms with Gasteiger partial charge in [0.15, 0.2) is 0 Å². The number of carbonyl (C=O) groups is 1. The van der Waals surface area contributed by atoms with Gasteiger partial charge in [-0.05, 0) is 45.9 Å². The van der Waals surface area contributed by atoms with E-state index >= 15 is 0 Å². The summed E-state index contributed by atoms with van der Waals surface area (Å²) < 4.78 is 5.15. The van der Waals surface area contributed by atoms with Crippen molar-refractivity contribution in [2.24, 2.45) is 0 Å². The van der Waals surface area contributed by atoms with E-state index in [4.69, 9.17) is 10.00 Å². The van der Waals surface area contributed by atoms with Gasteiger partial charge in [-0.15, -0.1) is 0 Å². The van der Waals surface area contributed by atoms with Gasteiger partial charge in [-0.1, -0.05) is 6.07 Å². The van der Waals surface area contributed by atoms with Crippen LogP contribution >= 0.6 is 0 Å². The van der Waals surface area contributed by atoms with E-state index in [-0.39, 0.29) is 6.04 Å². The molecule has 0 fully saturated rings. The van der Waals surface area contributed by atoms with Gasteiger partial charge in [0.05, 0.1) is 11.6 Å². The molecule has 1 aromatic rings. The average Bonchev–Trinajstić information content (AvgIpc) is 2.34. The van der Waals surface area contributed by atoms with E-state index in [0.29, 0.717) is 12.1 Å². The number of nitrogens with one attached hydrogen (secondary N) is 2. The summed E-state index contributed by atoms with van der Waals surface area (Å²) in [6.45, 7) is 7.84. The minimum Gasteiger partial charge on any atom is -0.444 e. The molecule has 5 nitrogen and oxygen atoms in total. The topological polar surface area (TPSA) is 74.2 Å². The number of benzene rings is 1. The Kier molecular flexibility index (Phi) is 5.39. The molecule has 0 saturated carbocycles. The van der Waals surface area contributed by atoms with Gasteiger partial charge in [-0.2, -0.15) is 5.26 Å². The second-order valence-corrected chi connectivity index (χ2v) is 5.62. The van der Waals surface area contributed by atoms with Crippen molar-refractivity contribution in [2.75, 3.05) is 11.9 Å². The lowest BCUT2D eigenvalue weighted by molar-refractivity contribution is 0.0526. The number of nitriles is 1. The van der Waals surface area contributed by atoms with E-state index in [1.54, 1.807) is 12.1 Å². The molecule has 1 unspecified atom stereocenters. The van der Waals surface area contributed by atoms with Crippen molar-refractivity contribution in [2.45, 2.75) is 39.3 Å². The summed E-state index contributed by atoms with van der Waals surface area (Å²) in [5.74, 6) is 0. The summed E-state index contributed by atoms with van der Waals surface area (Å²) in [4.78, 5) is 11.5. The Hall–Kier alpha value is -2.22. The molecule has 0 aliphatic carbocycles. The molecule has 20 heavy (non-hydrogen) atoms. The van der Waals surface area contributed by atoms with E-state index in [1.807, 2.05) is 39.8 Å². The first-order chi connectivity index (χ1) is 9.30. The van der Waals surface area contributed by atoms with Crippen molar-refractivity contribution >= 4 is 11.8 Å². The normalized spacial score (nSPS) is 12.2. The van der Waals surface area contributed by atoms with Crippen molar-refractivity contribution in [1.82, 2.24) is 5.32 Å². The van der Waals surface area contributed by atoms with Gasteiger partial charge in [0.25, 0.3) is 0 Å². The van der Waals surface area contributed by atoms with Crippen LogP contribution in [0.25, 0.3) is 0 Å². The smallest absolute Gasteiger partial charge is 0.407 e. The minimum absolute atomic E-state index is 0.0245. The van der Waals surface area contributed by atoms with Gasteiger partial charge >= 0.3 is 6.09 Å². The molecular formula is C15H21N3O2. The van der Waals surface area contributed by atoms with E-state index < -0.39 is 11.7 Å². The lowest BCUT2D eigenvalue weighted by Crippen LogP contribution is -2.38. The van der Waals surface area contributed by atoms with Crippen LogP contribution in [0.2, 0.25) is 0 Å². The van der Waals surface area contributed by atoms with Gasteiger partial charge in [-0.3, -0.25) is 0 Å². The fourth-order valence-electron chi connectivity index (χ4n) is 1.56. The average molecular weight is 275 g/mol. The quantitative estimate of drug-likeness (QED) is 0.886. The van der Waals surface area contributed by atoms with Crippen molar-refractivity contribution in [3.05, 3.63) is 29.8 Å². The van der Waals surface area contributed by atoms with Crippen LogP contribution in [-0.4, -0.2) is 24.3 Å². The highest BCUT2D eigenvalue weighted by molar-refractivity contribution is 5.67. The number of hydrogen-bond acceptors (Lipinski definition) is 4. The zero-order chi connectivity index (χ0) is 15.2. The van der Waals surface area contributed by atoms with Crippen molar-refractivity contribution in [1.29, 1.82) is 5.26 Å². The lowest BCUT2D eigenvalue weighted by atomic mass is 10.2.